The molecule has 4 N–H and O–H groups in total. The van der Waals surface area contributed by atoms with E-state index in [-0.39, 0.29) is 11.9 Å². The third kappa shape index (κ3) is 2.18. The van der Waals surface area contributed by atoms with E-state index in [0.717, 1.165) is 25.1 Å². The van der Waals surface area contributed by atoms with E-state index in [1.54, 1.807) is 18.5 Å². The maximum atomic E-state index is 11.5. The minimum atomic E-state index is -0.177. The van der Waals surface area contributed by atoms with E-state index < -0.39 is 0 Å². The Morgan fingerprint density at radius 1 is 1.60 bits per heavy atom. The molecular formula is C10H14N4O. The number of pyridine rings is 1. The molecule has 0 aliphatic carbocycles. The van der Waals surface area contributed by atoms with Crippen LogP contribution in [0.1, 0.15) is 12.8 Å². The van der Waals surface area contributed by atoms with Gasteiger partial charge in [0.1, 0.15) is 6.04 Å². The van der Waals surface area contributed by atoms with Crippen LogP contribution in [-0.2, 0) is 4.79 Å². The maximum Gasteiger partial charge on any atom is 0.242 e. The van der Waals surface area contributed by atoms with Crippen molar-refractivity contribution in [2.24, 2.45) is 0 Å². The van der Waals surface area contributed by atoms with Crippen LogP contribution >= 0.6 is 0 Å². The van der Waals surface area contributed by atoms with E-state index in [2.05, 4.69) is 15.6 Å². The molecular weight excluding hydrogens is 192 g/mol. The Labute approximate surface area is 88.1 Å². The number of amides is 1. The van der Waals surface area contributed by atoms with Gasteiger partial charge >= 0.3 is 0 Å². The van der Waals surface area contributed by atoms with Gasteiger partial charge in [-0.3, -0.25) is 9.78 Å². The van der Waals surface area contributed by atoms with Gasteiger partial charge in [0.15, 0.2) is 0 Å². The standard InChI is InChI=1S/C10H14N4O/c11-7-6-12-5-3-8(7)14-9-2-1-4-13-10(9)15/h3,5-6,9H,1-2,4,11H2,(H,12,14)(H,13,15). The van der Waals surface area contributed by atoms with Crippen molar-refractivity contribution in [1.82, 2.24) is 10.3 Å². The number of anilines is 2. The van der Waals surface area contributed by atoms with Gasteiger partial charge in [-0.05, 0) is 18.9 Å². The van der Waals surface area contributed by atoms with E-state index >= 15 is 0 Å². The fraction of sp³-hybridized carbons (Fsp3) is 0.400. The molecule has 80 valence electrons. The third-order valence-electron chi connectivity index (χ3n) is 2.47. The van der Waals surface area contributed by atoms with Crippen LogP contribution in [0.25, 0.3) is 0 Å². The van der Waals surface area contributed by atoms with Crippen LogP contribution in [0, 0.1) is 0 Å². The summed E-state index contributed by atoms with van der Waals surface area (Å²) in [7, 11) is 0. The monoisotopic (exact) mass is 206 g/mol. The molecule has 1 aromatic heterocycles. The lowest BCUT2D eigenvalue weighted by molar-refractivity contribution is -0.123. The topological polar surface area (TPSA) is 80.0 Å². The molecule has 2 rings (SSSR count). The number of nitrogens with zero attached hydrogens (tertiary/aromatic N) is 1. The van der Waals surface area contributed by atoms with E-state index in [4.69, 9.17) is 5.73 Å². The van der Waals surface area contributed by atoms with Gasteiger partial charge in [0, 0.05) is 12.7 Å². The van der Waals surface area contributed by atoms with Crippen molar-refractivity contribution in [3.05, 3.63) is 18.5 Å². The molecule has 0 radical (unpaired) electrons. The number of carbonyl (C=O) groups is 1. The van der Waals surface area contributed by atoms with Crippen LogP contribution in [0.15, 0.2) is 18.5 Å². The zero-order chi connectivity index (χ0) is 10.7. The van der Waals surface area contributed by atoms with E-state index in [1.165, 1.54) is 0 Å². The molecule has 1 atom stereocenters. The zero-order valence-electron chi connectivity index (χ0n) is 8.36. The summed E-state index contributed by atoms with van der Waals surface area (Å²) >= 11 is 0. The third-order valence-corrected chi connectivity index (χ3v) is 2.47. The van der Waals surface area contributed by atoms with Crippen LogP contribution < -0.4 is 16.4 Å². The number of hydrogen-bond donors (Lipinski definition) is 3. The molecule has 1 aliphatic heterocycles. The van der Waals surface area contributed by atoms with Crippen molar-refractivity contribution in [3.63, 3.8) is 0 Å². The first-order valence-electron chi connectivity index (χ1n) is 5.01. The molecule has 0 bridgehead atoms. The molecule has 1 unspecified atom stereocenters. The number of nitrogens with one attached hydrogen (secondary N) is 2. The quantitative estimate of drug-likeness (QED) is 0.652. The Morgan fingerprint density at radius 2 is 2.47 bits per heavy atom. The number of nitrogens with two attached hydrogens (primary N) is 1. The maximum absolute atomic E-state index is 11.5. The largest absolute Gasteiger partial charge is 0.396 e. The number of hydrogen-bond acceptors (Lipinski definition) is 4. The number of rotatable bonds is 2. The van der Waals surface area contributed by atoms with Gasteiger partial charge in [-0.1, -0.05) is 0 Å². The smallest absolute Gasteiger partial charge is 0.242 e. The summed E-state index contributed by atoms with van der Waals surface area (Å²) in [5, 5.41) is 5.94. The fourth-order valence-electron chi connectivity index (χ4n) is 1.64. The van der Waals surface area contributed by atoms with Gasteiger partial charge in [0.25, 0.3) is 0 Å². The summed E-state index contributed by atoms with van der Waals surface area (Å²) in [6.07, 6.45) is 5.06. The highest BCUT2D eigenvalue weighted by Gasteiger charge is 2.21. The van der Waals surface area contributed by atoms with Crippen LogP contribution in [0.5, 0.6) is 0 Å². The van der Waals surface area contributed by atoms with Crippen LogP contribution in [0.2, 0.25) is 0 Å². The first kappa shape index (κ1) is 9.76. The van der Waals surface area contributed by atoms with Gasteiger partial charge in [-0.2, -0.15) is 0 Å². The van der Waals surface area contributed by atoms with Crippen molar-refractivity contribution in [2.75, 3.05) is 17.6 Å². The summed E-state index contributed by atoms with van der Waals surface area (Å²) in [5.74, 6) is 0.0393. The van der Waals surface area contributed by atoms with E-state index in [0.29, 0.717) is 5.69 Å². The fourth-order valence-corrected chi connectivity index (χ4v) is 1.64. The minimum absolute atomic E-state index is 0.0393. The lowest BCUT2D eigenvalue weighted by Gasteiger charge is -2.24. The SMILES string of the molecule is Nc1cnccc1NC1CCCNC1=O. The first-order chi connectivity index (χ1) is 7.27. The Kier molecular flexibility index (Phi) is 2.71. The Morgan fingerprint density at radius 3 is 3.20 bits per heavy atom. The lowest BCUT2D eigenvalue weighted by Crippen LogP contribution is -2.44. The summed E-state index contributed by atoms with van der Waals surface area (Å²) in [4.78, 5) is 15.4. The predicted octanol–water partition coefficient (Wildman–Crippen LogP) is 0.354. The van der Waals surface area contributed by atoms with Gasteiger partial charge in [-0.15, -0.1) is 0 Å². The second-order valence-corrected chi connectivity index (χ2v) is 3.59. The van der Waals surface area contributed by atoms with Crippen molar-refractivity contribution in [1.29, 1.82) is 0 Å². The van der Waals surface area contributed by atoms with Crippen molar-refractivity contribution in [3.8, 4) is 0 Å². The van der Waals surface area contributed by atoms with Crippen LogP contribution in [0.4, 0.5) is 11.4 Å². The average molecular weight is 206 g/mol. The van der Waals surface area contributed by atoms with Gasteiger partial charge < -0.3 is 16.4 Å². The number of carbonyl (C=O) groups excluding carboxylic acids is 1. The first-order valence-corrected chi connectivity index (χ1v) is 5.01. The predicted molar refractivity (Wildman–Crippen MR) is 58.3 cm³/mol. The summed E-state index contributed by atoms with van der Waals surface area (Å²) in [6, 6.07) is 1.60. The lowest BCUT2D eigenvalue weighted by atomic mass is 10.1. The molecule has 15 heavy (non-hydrogen) atoms. The number of nitrogen functional groups attached to an aromatic ring is 1. The molecule has 1 saturated heterocycles. The number of aromatic nitrogens is 1. The molecule has 5 nitrogen and oxygen atoms in total. The highest BCUT2D eigenvalue weighted by molar-refractivity contribution is 5.86. The van der Waals surface area contributed by atoms with Crippen LogP contribution in [0.3, 0.4) is 0 Å². The molecule has 1 amide bonds. The van der Waals surface area contributed by atoms with Crippen molar-refractivity contribution in [2.45, 2.75) is 18.9 Å². The summed E-state index contributed by atoms with van der Waals surface area (Å²) in [6.45, 7) is 0.767. The molecule has 1 aliphatic rings. The molecule has 1 aromatic rings. The highest BCUT2D eigenvalue weighted by atomic mass is 16.2. The molecule has 0 aromatic carbocycles. The molecule has 5 heteroatoms. The molecule has 1 fully saturated rings. The van der Waals surface area contributed by atoms with E-state index in [1.807, 2.05) is 0 Å². The molecule has 0 saturated carbocycles. The van der Waals surface area contributed by atoms with Crippen molar-refractivity contribution < 1.29 is 4.79 Å². The highest BCUT2D eigenvalue weighted by Crippen LogP contribution is 2.18. The minimum Gasteiger partial charge on any atom is -0.396 e. The second kappa shape index (κ2) is 4.16. The number of piperidine rings is 1. The van der Waals surface area contributed by atoms with Crippen molar-refractivity contribution >= 4 is 17.3 Å². The summed E-state index contributed by atoms with van der Waals surface area (Å²) < 4.78 is 0. The Balaban J connectivity index is 2.08. The van der Waals surface area contributed by atoms with E-state index in [9.17, 15) is 4.79 Å². The summed E-state index contributed by atoms with van der Waals surface area (Å²) in [5.41, 5.74) is 7.06. The van der Waals surface area contributed by atoms with Gasteiger partial charge in [-0.25, -0.2) is 0 Å². The Hall–Kier alpha value is -1.78. The molecule has 2 heterocycles. The van der Waals surface area contributed by atoms with Crippen LogP contribution in [-0.4, -0.2) is 23.5 Å². The normalized spacial score (nSPS) is 20.8. The zero-order valence-corrected chi connectivity index (χ0v) is 8.36. The van der Waals surface area contributed by atoms with Gasteiger partial charge in [0.05, 0.1) is 17.6 Å². The second-order valence-electron chi connectivity index (χ2n) is 3.59. The molecule has 0 spiro atoms. The average Bonchev–Trinajstić information content (AvgIpc) is 2.24. The van der Waals surface area contributed by atoms with Gasteiger partial charge in [0.2, 0.25) is 5.91 Å². The Bertz CT molecular complexity index is 366.